The van der Waals surface area contributed by atoms with Crippen LogP contribution < -0.4 is 10.1 Å². The molecule has 1 amide bonds. The maximum absolute atomic E-state index is 11.5. The third-order valence-corrected chi connectivity index (χ3v) is 4.43. The van der Waals surface area contributed by atoms with Gasteiger partial charge in [0, 0.05) is 29.8 Å². The Morgan fingerprint density at radius 2 is 2.14 bits per heavy atom. The SMILES string of the molecule is COc1ccc(-c2csc(CCNC(=O)C3CC3)n2)cc1. The molecule has 0 bridgehead atoms. The number of carbonyl (C=O) groups is 1. The standard InChI is InChI=1S/C16H18N2O2S/c1-20-13-6-4-11(5-7-13)14-10-21-15(18-14)8-9-17-16(19)12-2-3-12/h4-7,10,12H,2-3,8-9H2,1H3,(H,17,19). The number of rotatable bonds is 6. The molecule has 0 saturated heterocycles. The Kier molecular flexibility index (Phi) is 4.20. The molecular formula is C16H18N2O2S. The topological polar surface area (TPSA) is 51.2 Å². The number of nitrogens with zero attached hydrogens (tertiary/aromatic N) is 1. The molecule has 1 N–H and O–H groups in total. The number of amides is 1. The van der Waals surface area contributed by atoms with Gasteiger partial charge in [0.1, 0.15) is 5.75 Å². The van der Waals surface area contributed by atoms with Crippen LogP contribution in [-0.2, 0) is 11.2 Å². The molecule has 1 saturated carbocycles. The fraction of sp³-hybridized carbons (Fsp3) is 0.375. The molecule has 1 heterocycles. The van der Waals surface area contributed by atoms with Crippen molar-refractivity contribution in [3.63, 3.8) is 0 Å². The first kappa shape index (κ1) is 14.1. The summed E-state index contributed by atoms with van der Waals surface area (Å²) in [5.41, 5.74) is 2.06. The lowest BCUT2D eigenvalue weighted by Gasteiger charge is -2.02. The second-order valence-corrected chi connectivity index (χ2v) is 6.11. The molecule has 2 aromatic rings. The second kappa shape index (κ2) is 6.26. The molecule has 1 aromatic carbocycles. The summed E-state index contributed by atoms with van der Waals surface area (Å²) in [6.07, 6.45) is 2.88. The predicted octanol–water partition coefficient (Wildman–Crippen LogP) is 2.89. The summed E-state index contributed by atoms with van der Waals surface area (Å²) < 4.78 is 5.15. The minimum atomic E-state index is 0.196. The average Bonchev–Trinajstić information content (AvgIpc) is 3.27. The molecule has 0 atom stereocenters. The van der Waals surface area contributed by atoms with E-state index in [0.29, 0.717) is 6.54 Å². The van der Waals surface area contributed by atoms with E-state index in [4.69, 9.17) is 4.74 Å². The Hall–Kier alpha value is -1.88. The number of carbonyl (C=O) groups excluding carboxylic acids is 1. The molecule has 1 aliphatic rings. The highest BCUT2D eigenvalue weighted by molar-refractivity contribution is 7.09. The lowest BCUT2D eigenvalue weighted by molar-refractivity contribution is -0.122. The first-order valence-electron chi connectivity index (χ1n) is 7.13. The minimum Gasteiger partial charge on any atom is -0.497 e. The van der Waals surface area contributed by atoms with E-state index >= 15 is 0 Å². The molecule has 1 aromatic heterocycles. The number of thiazole rings is 1. The van der Waals surface area contributed by atoms with Crippen LogP contribution in [0, 0.1) is 5.92 Å². The summed E-state index contributed by atoms with van der Waals surface area (Å²) in [5.74, 6) is 1.31. The molecule has 0 aliphatic heterocycles. The fourth-order valence-electron chi connectivity index (χ4n) is 2.10. The maximum atomic E-state index is 11.5. The van der Waals surface area contributed by atoms with Gasteiger partial charge in [-0.3, -0.25) is 4.79 Å². The van der Waals surface area contributed by atoms with Gasteiger partial charge in [0.05, 0.1) is 17.8 Å². The molecule has 4 nitrogen and oxygen atoms in total. The van der Waals surface area contributed by atoms with E-state index in [-0.39, 0.29) is 11.8 Å². The van der Waals surface area contributed by atoms with Crippen LogP contribution in [0.3, 0.4) is 0 Å². The van der Waals surface area contributed by atoms with Gasteiger partial charge < -0.3 is 10.1 Å². The minimum absolute atomic E-state index is 0.196. The summed E-state index contributed by atoms with van der Waals surface area (Å²) in [6.45, 7) is 0.672. The summed E-state index contributed by atoms with van der Waals surface area (Å²) >= 11 is 1.64. The van der Waals surface area contributed by atoms with E-state index in [1.807, 2.05) is 24.3 Å². The van der Waals surface area contributed by atoms with Gasteiger partial charge in [0.15, 0.2) is 0 Å². The van der Waals surface area contributed by atoms with Crippen LogP contribution in [-0.4, -0.2) is 24.5 Å². The van der Waals surface area contributed by atoms with E-state index in [9.17, 15) is 4.79 Å². The third kappa shape index (κ3) is 3.61. The van der Waals surface area contributed by atoms with Crippen LogP contribution >= 0.6 is 11.3 Å². The third-order valence-electron chi connectivity index (χ3n) is 3.52. The highest BCUT2D eigenvalue weighted by Gasteiger charge is 2.29. The first-order chi connectivity index (χ1) is 10.3. The Balaban J connectivity index is 1.55. The number of benzene rings is 1. The molecular weight excluding hydrogens is 284 g/mol. The van der Waals surface area contributed by atoms with E-state index in [1.165, 1.54) is 0 Å². The van der Waals surface area contributed by atoms with Gasteiger partial charge in [-0.05, 0) is 37.1 Å². The van der Waals surface area contributed by atoms with Gasteiger partial charge in [-0.15, -0.1) is 11.3 Å². The van der Waals surface area contributed by atoms with Crippen LogP contribution in [0.1, 0.15) is 17.8 Å². The second-order valence-electron chi connectivity index (χ2n) is 5.17. The average molecular weight is 302 g/mol. The van der Waals surface area contributed by atoms with Crippen LogP contribution in [0.25, 0.3) is 11.3 Å². The summed E-state index contributed by atoms with van der Waals surface area (Å²) in [5, 5.41) is 6.08. The number of hydrogen-bond donors (Lipinski definition) is 1. The molecule has 21 heavy (non-hydrogen) atoms. The molecule has 110 valence electrons. The highest BCUT2D eigenvalue weighted by atomic mass is 32.1. The van der Waals surface area contributed by atoms with Gasteiger partial charge in [-0.2, -0.15) is 0 Å². The predicted molar refractivity (Wildman–Crippen MR) is 83.5 cm³/mol. The quantitative estimate of drug-likeness (QED) is 0.892. The Morgan fingerprint density at radius 1 is 1.38 bits per heavy atom. The molecule has 1 fully saturated rings. The summed E-state index contributed by atoms with van der Waals surface area (Å²) in [6, 6.07) is 7.88. The van der Waals surface area contributed by atoms with Crippen LogP contribution in [0.4, 0.5) is 0 Å². The lowest BCUT2D eigenvalue weighted by Crippen LogP contribution is -2.26. The Bertz CT molecular complexity index is 617. The van der Waals surface area contributed by atoms with E-state index < -0.39 is 0 Å². The van der Waals surface area contributed by atoms with Crippen molar-refractivity contribution in [2.24, 2.45) is 5.92 Å². The zero-order valence-corrected chi connectivity index (χ0v) is 12.8. The lowest BCUT2D eigenvalue weighted by atomic mass is 10.2. The first-order valence-corrected chi connectivity index (χ1v) is 8.01. The van der Waals surface area contributed by atoms with E-state index in [1.54, 1.807) is 18.4 Å². The largest absolute Gasteiger partial charge is 0.497 e. The van der Waals surface area contributed by atoms with Gasteiger partial charge in [-0.25, -0.2) is 4.98 Å². The number of aromatic nitrogens is 1. The molecule has 0 spiro atoms. The van der Waals surface area contributed by atoms with E-state index in [0.717, 1.165) is 41.3 Å². The summed E-state index contributed by atoms with van der Waals surface area (Å²) in [4.78, 5) is 16.2. The smallest absolute Gasteiger partial charge is 0.223 e. The molecule has 0 unspecified atom stereocenters. The maximum Gasteiger partial charge on any atom is 0.223 e. The zero-order valence-electron chi connectivity index (χ0n) is 12.0. The van der Waals surface area contributed by atoms with Crippen molar-refractivity contribution in [1.29, 1.82) is 0 Å². The van der Waals surface area contributed by atoms with Gasteiger partial charge in [0.2, 0.25) is 5.91 Å². The Morgan fingerprint density at radius 3 is 2.81 bits per heavy atom. The molecule has 0 radical (unpaired) electrons. The van der Waals surface area contributed by atoms with Gasteiger partial charge in [-0.1, -0.05) is 0 Å². The van der Waals surface area contributed by atoms with Crippen molar-refractivity contribution in [3.8, 4) is 17.0 Å². The summed E-state index contributed by atoms with van der Waals surface area (Å²) in [7, 11) is 1.66. The van der Waals surface area contributed by atoms with Crippen LogP contribution in [0.2, 0.25) is 0 Å². The molecule has 3 rings (SSSR count). The van der Waals surface area contributed by atoms with Crippen molar-refractivity contribution in [2.75, 3.05) is 13.7 Å². The zero-order chi connectivity index (χ0) is 14.7. The van der Waals surface area contributed by atoms with Crippen molar-refractivity contribution in [1.82, 2.24) is 10.3 Å². The highest BCUT2D eigenvalue weighted by Crippen LogP contribution is 2.28. The number of nitrogens with one attached hydrogen (secondary N) is 1. The van der Waals surface area contributed by atoms with Crippen molar-refractivity contribution < 1.29 is 9.53 Å². The number of methoxy groups -OCH3 is 1. The van der Waals surface area contributed by atoms with Crippen molar-refractivity contribution in [2.45, 2.75) is 19.3 Å². The molecule has 1 aliphatic carbocycles. The van der Waals surface area contributed by atoms with E-state index in [2.05, 4.69) is 15.7 Å². The van der Waals surface area contributed by atoms with Crippen LogP contribution in [0.5, 0.6) is 5.75 Å². The monoisotopic (exact) mass is 302 g/mol. The van der Waals surface area contributed by atoms with Gasteiger partial charge in [0.25, 0.3) is 0 Å². The van der Waals surface area contributed by atoms with Crippen molar-refractivity contribution >= 4 is 17.2 Å². The molecule has 5 heteroatoms. The van der Waals surface area contributed by atoms with Gasteiger partial charge >= 0.3 is 0 Å². The fourth-order valence-corrected chi connectivity index (χ4v) is 2.91. The number of hydrogen-bond acceptors (Lipinski definition) is 4. The number of ether oxygens (including phenoxy) is 1. The Labute approximate surface area is 128 Å². The van der Waals surface area contributed by atoms with Crippen LogP contribution in [0.15, 0.2) is 29.6 Å². The normalized spacial score (nSPS) is 14.0. The van der Waals surface area contributed by atoms with Crippen molar-refractivity contribution in [3.05, 3.63) is 34.7 Å².